The number of methoxy groups -OCH3 is 1. The molecule has 184 valence electrons. The lowest BCUT2D eigenvalue weighted by Crippen LogP contribution is -2.38. The van der Waals surface area contributed by atoms with Gasteiger partial charge in [-0.25, -0.2) is 8.42 Å². The molecule has 14 heteroatoms. The minimum absolute atomic E-state index is 0.228. The number of sulfone groups is 1. The smallest absolute Gasteiger partial charge is 0.471 e. The Morgan fingerprint density at radius 1 is 1.21 bits per heavy atom. The van der Waals surface area contributed by atoms with Crippen LogP contribution in [0.15, 0.2) is 23.6 Å². The Morgan fingerprint density at radius 2 is 1.88 bits per heavy atom. The van der Waals surface area contributed by atoms with Crippen molar-refractivity contribution in [3.05, 3.63) is 40.3 Å². The highest BCUT2D eigenvalue weighted by atomic mass is 32.2. The summed E-state index contributed by atoms with van der Waals surface area (Å²) in [6, 6.07) is 3.04. The number of rotatable bonds is 8. The van der Waals surface area contributed by atoms with Crippen LogP contribution in [-0.2, 0) is 14.6 Å². The fourth-order valence-corrected chi connectivity index (χ4v) is 5.23. The summed E-state index contributed by atoms with van der Waals surface area (Å²) in [4.78, 5) is 38.3. The van der Waals surface area contributed by atoms with Crippen LogP contribution in [0.3, 0.4) is 0 Å². The molecule has 1 aliphatic heterocycles. The van der Waals surface area contributed by atoms with E-state index in [2.05, 4.69) is 0 Å². The van der Waals surface area contributed by atoms with Crippen molar-refractivity contribution in [3.63, 3.8) is 0 Å². The van der Waals surface area contributed by atoms with Crippen LogP contribution in [0.2, 0.25) is 0 Å². The van der Waals surface area contributed by atoms with Gasteiger partial charge in [-0.05, 0) is 24.6 Å². The first-order valence-corrected chi connectivity index (χ1v) is 12.6. The number of fused-ring (bicyclic) bond motifs is 1. The summed E-state index contributed by atoms with van der Waals surface area (Å²) in [5.74, 6) is -4.31. The molecule has 0 aliphatic carbocycles. The summed E-state index contributed by atoms with van der Waals surface area (Å²) in [5, 5.41) is 2.28. The maximum Gasteiger partial charge on any atom is 0.471 e. The van der Waals surface area contributed by atoms with Gasteiger partial charge in [0.05, 0.1) is 36.6 Å². The molecule has 9 nitrogen and oxygen atoms in total. The molecule has 1 N–H and O–H groups in total. The Morgan fingerprint density at radius 3 is 2.44 bits per heavy atom. The van der Waals surface area contributed by atoms with Crippen molar-refractivity contribution in [2.24, 2.45) is 0 Å². The van der Waals surface area contributed by atoms with Crippen LogP contribution < -0.4 is 14.8 Å². The maximum absolute atomic E-state index is 13.2. The molecule has 34 heavy (non-hydrogen) atoms. The minimum Gasteiger partial charge on any atom is -0.493 e. The van der Waals surface area contributed by atoms with Crippen molar-refractivity contribution < 1.29 is 45.4 Å². The van der Waals surface area contributed by atoms with Gasteiger partial charge < -0.3 is 14.8 Å². The molecular weight excluding hydrogens is 501 g/mol. The molecule has 1 aliphatic rings. The number of anilines is 1. The largest absolute Gasteiger partial charge is 0.493 e. The third kappa shape index (κ3) is 5.01. The molecular formula is C20H19F3N2O7S2. The monoisotopic (exact) mass is 520 g/mol. The van der Waals surface area contributed by atoms with E-state index in [1.54, 1.807) is 12.2 Å². The second-order valence-corrected chi connectivity index (χ2v) is 10.3. The van der Waals surface area contributed by atoms with E-state index in [9.17, 15) is 36.0 Å². The average molecular weight is 521 g/mol. The number of imide groups is 1. The summed E-state index contributed by atoms with van der Waals surface area (Å²) >= 11 is 0.586. The number of alkyl halides is 3. The van der Waals surface area contributed by atoms with Crippen LogP contribution in [0.1, 0.15) is 39.2 Å². The lowest BCUT2D eigenvalue weighted by Gasteiger charge is -2.27. The quantitative estimate of drug-likeness (QED) is 0.532. The van der Waals surface area contributed by atoms with Gasteiger partial charge in [-0.3, -0.25) is 19.3 Å². The average Bonchev–Trinajstić information content (AvgIpc) is 3.25. The van der Waals surface area contributed by atoms with E-state index in [0.717, 1.165) is 11.6 Å². The molecule has 0 bridgehead atoms. The fourth-order valence-electron chi connectivity index (χ4n) is 3.39. The number of thiophene rings is 1. The molecule has 1 aromatic heterocycles. The Bertz CT molecular complexity index is 1260. The van der Waals surface area contributed by atoms with Gasteiger partial charge in [0.1, 0.15) is 14.8 Å². The molecule has 0 radical (unpaired) electrons. The molecule has 0 saturated heterocycles. The van der Waals surface area contributed by atoms with E-state index in [4.69, 9.17) is 9.47 Å². The van der Waals surface area contributed by atoms with Crippen molar-refractivity contribution in [1.29, 1.82) is 0 Å². The second kappa shape index (κ2) is 9.25. The van der Waals surface area contributed by atoms with E-state index in [-0.39, 0.29) is 23.5 Å². The second-order valence-electron chi connectivity index (χ2n) is 7.24. The van der Waals surface area contributed by atoms with Crippen molar-refractivity contribution in [3.8, 4) is 11.5 Å². The SMILES string of the molecule is CCOc1cc(C(CS(C)(=O)=O)N2C(=O)c3csc(NC(=O)C(F)(F)F)c3C2=O)ccc1OC. The first-order chi connectivity index (χ1) is 15.8. The molecule has 1 atom stereocenters. The molecule has 2 heterocycles. The summed E-state index contributed by atoms with van der Waals surface area (Å²) in [7, 11) is -2.35. The number of hydrogen-bond acceptors (Lipinski definition) is 8. The summed E-state index contributed by atoms with van der Waals surface area (Å²) < 4.78 is 73.1. The first kappa shape index (κ1) is 25.5. The van der Waals surface area contributed by atoms with Crippen LogP contribution in [0.4, 0.5) is 18.2 Å². The molecule has 3 amide bonds. The van der Waals surface area contributed by atoms with Gasteiger partial charge in [-0.15, -0.1) is 11.3 Å². The van der Waals surface area contributed by atoms with Crippen LogP contribution in [0.5, 0.6) is 11.5 Å². The van der Waals surface area contributed by atoms with Crippen LogP contribution in [0.25, 0.3) is 0 Å². The van der Waals surface area contributed by atoms with Crippen molar-refractivity contribution in [2.75, 3.05) is 31.0 Å². The number of hydrogen-bond donors (Lipinski definition) is 1. The van der Waals surface area contributed by atoms with Gasteiger partial charge in [-0.1, -0.05) is 6.07 Å². The molecule has 0 saturated carbocycles. The Balaban J connectivity index is 2.06. The zero-order valence-electron chi connectivity index (χ0n) is 18.1. The van der Waals surface area contributed by atoms with Gasteiger partial charge in [-0.2, -0.15) is 13.2 Å². The predicted molar refractivity (Wildman–Crippen MR) is 116 cm³/mol. The molecule has 3 rings (SSSR count). The standard InChI is InChI=1S/C20H19F3N2O7S2/c1-4-32-14-7-10(5-6-13(14)31-2)12(9-34(3,29)30)25-17(26)11-8-33-16(15(11)18(25)27)24-19(28)20(21,22)23/h5-8,12H,4,9H2,1-3H3,(H,24,28). The van der Waals surface area contributed by atoms with Crippen LogP contribution >= 0.6 is 11.3 Å². The lowest BCUT2D eigenvalue weighted by molar-refractivity contribution is -0.167. The molecule has 0 spiro atoms. The molecule has 2 aromatic rings. The minimum atomic E-state index is -5.21. The first-order valence-electron chi connectivity index (χ1n) is 9.64. The third-order valence-electron chi connectivity index (χ3n) is 4.80. The molecule has 1 aromatic carbocycles. The number of nitrogens with one attached hydrogen (secondary N) is 1. The summed E-state index contributed by atoms with van der Waals surface area (Å²) in [6.07, 6.45) is -4.29. The Labute approximate surface area is 196 Å². The van der Waals surface area contributed by atoms with Crippen LogP contribution in [0, 0.1) is 0 Å². The Hall–Kier alpha value is -3.13. The van der Waals surface area contributed by atoms with Crippen LogP contribution in [-0.4, -0.2) is 62.9 Å². The number of halogens is 3. The summed E-state index contributed by atoms with van der Waals surface area (Å²) in [6.45, 7) is 1.96. The number of ether oxygens (including phenoxy) is 2. The topological polar surface area (TPSA) is 119 Å². The van der Waals surface area contributed by atoms with E-state index in [1.807, 2.05) is 0 Å². The van der Waals surface area contributed by atoms with E-state index < -0.39 is 56.1 Å². The Kier molecular flexibility index (Phi) is 6.94. The highest BCUT2D eigenvalue weighted by molar-refractivity contribution is 7.90. The normalized spacial score (nSPS) is 14.7. The number of carbonyl (C=O) groups is 3. The zero-order chi connectivity index (χ0) is 25.4. The van der Waals surface area contributed by atoms with Crippen molar-refractivity contribution in [2.45, 2.75) is 19.1 Å². The molecule has 1 unspecified atom stereocenters. The van der Waals surface area contributed by atoms with E-state index in [1.165, 1.54) is 25.3 Å². The number of benzene rings is 1. The highest BCUT2D eigenvalue weighted by Crippen LogP contribution is 2.41. The van der Waals surface area contributed by atoms with E-state index in [0.29, 0.717) is 22.0 Å². The predicted octanol–water partition coefficient (Wildman–Crippen LogP) is 3.04. The van der Waals surface area contributed by atoms with Gasteiger partial charge >= 0.3 is 12.1 Å². The number of carbonyl (C=O) groups excluding carboxylic acids is 3. The zero-order valence-corrected chi connectivity index (χ0v) is 19.7. The van der Waals surface area contributed by atoms with Gasteiger partial charge in [0.2, 0.25) is 0 Å². The summed E-state index contributed by atoms with van der Waals surface area (Å²) in [5.41, 5.74) is -0.430. The van der Waals surface area contributed by atoms with Gasteiger partial charge in [0, 0.05) is 11.6 Å². The van der Waals surface area contributed by atoms with Gasteiger partial charge in [0.15, 0.2) is 11.5 Å². The van der Waals surface area contributed by atoms with Crippen molar-refractivity contribution >= 4 is 43.9 Å². The van der Waals surface area contributed by atoms with E-state index >= 15 is 0 Å². The lowest BCUT2D eigenvalue weighted by atomic mass is 10.1. The molecule has 0 fully saturated rings. The highest BCUT2D eigenvalue weighted by Gasteiger charge is 2.46. The fraction of sp³-hybridized carbons (Fsp3) is 0.350. The van der Waals surface area contributed by atoms with Gasteiger partial charge in [0.25, 0.3) is 11.8 Å². The maximum atomic E-state index is 13.2. The third-order valence-corrected chi connectivity index (χ3v) is 6.62. The number of amides is 3. The number of nitrogens with zero attached hydrogens (tertiary/aromatic N) is 1. The van der Waals surface area contributed by atoms with Crippen molar-refractivity contribution in [1.82, 2.24) is 4.90 Å².